The molecule has 0 unspecified atom stereocenters. The highest BCUT2D eigenvalue weighted by atomic mass is 79.9. The zero-order valence-electron chi connectivity index (χ0n) is 12.8. The minimum absolute atomic E-state index is 0.151. The Morgan fingerprint density at radius 1 is 1.17 bits per heavy atom. The number of methoxy groups -OCH3 is 1. The normalized spacial score (nSPS) is 19.0. The lowest BCUT2D eigenvalue weighted by Crippen LogP contribution is -2.30. The number of hydrogen-bond acceptors (Lipinski definition) is 3. The molecule has 2 aromatic carbocycles. The van der Waals surface area contributed by atoms with Crippen molar-refractivity contribution in [3.05, 3.63) is 58.6 Å². The zero-order valence-corrected chi connectivity index (χ0v) is 15.2. The molecule has 0 N–H and O–H groups in total. The van der Waals surface area contributed by atoms with Gasteiger partial charge < -0.3 is 4.74 Å². The van der Waals surface area contributed by atoms with Crippen molar-refractivity contribution in [2.75, 3.05) is 13.7 Å². The zero-order chi connectivity index (χ0) is 16.4. The molecule has 4 nitrogen and oxygen atoms in total. The van der Waals surface area contributed by atoms with E-state index in [2.05, 4.69) is 15.9 Å². The molecule has 2 aromatic rings. The van der Waals surface area contributed by atoms with Crippen molar-refractivity contribution in [1.82, 2.24) is 4.31 Å². The quantitative estimate of drug-likeness (QED) is 0.786. The van der Waals surface area contributed by atoms with E-state index in [1.165, 1.54) is 0 Å². The molecule has 0 radical (unpaired) electrons. The maximum Gasteiger partial charge on any atom is 0.244 e. The molecule has 0 spiro atoms. The molecule has 122 valence electrons. The highest BCUT2D eigenvalue weighted by Gasteiger charge is 2.37. The predicted octanol–water partition coefficient (Wildman–Crippen LogP) is 3.98. The number of halogens is 1. The number of hydrogen-bond donors (Lipinski definition) is 0. The van der Waals surface area contributed by atoms with Crippen molar-refractivity contribution < 1.29 is 13.2 Å². The van der Waals surface area contributed by atoms with Crippen LogP contribution in [0.5, 0.6) is 5.75 Å². The summed E-state index contributed by atoms with van der Waals surface area (Å²) >= 11 is 3.35. The van der Waals surface area contributed by atoms with Crippen molar-refractivity contribution in [3.8, 4) is 5.75 Å². The molecule has 0 amide bonds. The van der Waals surface area contributed by atoms with Gasteiger partial charge in [-0.3, -0.25) is 0 Å². The predicted molar refractivity (Wildman–Crippen MR) is 93.0 cm³/mol. The van der Waals surface area contributed by atoms with Gasteiger partial charge in [0.05, 0.1) is 18.0 Å². The van der Waals surface area contributed by atoms with Crippen LogP contribution in [0.1, 0.15) is 24.4 Å². The van der Waals surface area contributed by atoms with Crippen molar-refractivity contribution >= 4 is 26.0 Å². The third-order valence-electron chi connectivity index (χ3n) is 4.11. The number of nitrogens with zero attached hydrogens (tertiary/aromatic N) is 1. The molecule has 1 fully saturated rings. The van der Waals surface area contributed by atoms with Gasteiger partial charge in [-0.05, 0) is 58.6 Å². The van der Waals surface area contributed by atoms with E-state index < -0.39 is 10.0 Å². The summed E-state index contributed by atoms with van der Waals surface area (Å²) in [5, 5.41) is 0. The van der Waals surface area contributed by atoms with Crippen LogP contribution in [0.25, 0.3) is 0 Å². The molecule has 23 heavy (non-hydrogen) atoms. The Morgan fingerprint density at radius 2 is 1.96 bits per heavy atom. The number of rotatable bonds is 4. The highest BCUT2D eigenvalue weighted by molar-refractivity contribution is 9.10. The average molecular weight is 396 g/mol. The third kappa shape index (κ3) is 3.16. The first-order valence-electron chi connectivity index (χ1n) is 7.44. The molecule has 0 aliphatic carbocycles. The molecule has 3 rings (SSSR count). The number of sulfonamides is 1. The molecule has 0 bridgehead atoms. The molecule has 1 aliphatic heterocycles. The van der Waals surface area contributed by atoms with Crippen molar-refractivity contribution in [1.29, 1.82) is 0 Å². The Hall–Kier alpha value is -1.37. The smallest absolute Gasteiger partial charge is 0.244 e. The molecule has 0 saturated carbocycles. The summed E-state index contributed by atoms with van der Waals surface area (Å²) in [4.78, 5) is 0.315. The van der Waals surface area contributed by atoms with Crippen LogP contribution in [0.4, 0.5) is 0 Å². The summed E-state index contributed by atoms with van der Waals surface area (Å²) in [7, 11) is -1.93. The van der Waals surface area contributed by atoms with E-state index in [9.17, 15) is 8.42 Å². The Balaban J connectivity index is 2.00. The molecule has 1 aliphatic rings. The second kappa shape index (κ2) is 6.63. The lowest BCUT2D eigenvalue weighted by Gasteiger charge is -2.25. The van der Waals surface area contributed by atoms with Crippen LogP contribution in [0.15, 0.2) is 57.9 Å². The van der Waals surface area contributed by atoms with Gasteiger partial charge in [-0.1, -0.05) is 24.3 Å². The van der Waals surface area contributed by atoms with Gasteiger partial charge in [-0.15, -0.1) is 0 Å². The van der Waals surface area contributed by atoms with Crippen LogP contribution in [0.2, 0.25) is 0 Å². The molecule has 1 saturated heterocycles. The first-order chi connectivity index (χ1) is 11.0. The van der Waals surface area contributed by atoms with Gasteiger partial charge in [0.2, 0.25) is 10.0 Å². The summed E-state index contributed by atoms with van der Waals surface area (Å²) in [6.07, 6.45) is 1.67. The summed E-state index contributed by atoms with van der Waals surface area (Å²) < 4.78 is 33.6. The van der Waals surface area contributed by atoms with E-state index >= 15 is 0 Å². The van der Waals surface area contributed by atoms with E-state index in [0.717, 1.165) is 24.2 Å². The van der Waals surface area contributed by atoms with Crippen LogP contribution < -0.4 is 4.74 Å². The monoisotopic (exact) mass is 395 g/mol. The number of benzene rings is 2. The third-order valence-corrected chi connectivity index (χ3v) is 7.03. The molecule has 1 atom stereocenters. The Bertz CT molecular complexity index is 807. The first kappa shape index (κ1) is 16.5. The summed E-state index contributed by atoms with van der Waals surface area (Å²) in [5.74, 6) is 0.743. The van der Waals surface area contributed by atoms with Crippen LogP contribution >= 0.6 is 15.9 Å². The van der Waals surface area contributed by atoms with E-state index in [1.807, 2.05) is 30.3 Å². The fourth-order valence-electron chi connectivity index (χ4n) is 2.99. The maximum atomic E-state index is 13.1. The van der Waals surface area contributed by atoms with Crippen molar-refractivity contribution in [2.45, 2.75) is 23.8 Å². The molecular weight excluding hydrogens is 378 g/mol. The van der Waals surface area contributed by atoms with Crippen molar-refractivity contribution in [3.63, 3.8) is 0 Å². The Morgan fingerprint density at radius 3 is 2.70 bits per heavy atom. The first-order valence-corrected chi connectivity index (χ1v) is 9.67. The van der Waals surface area contributed by atoms with Crippen LogP contribution in [0.3, 0.4) is 0 Å². The topological polar surface area (TPSA) is 46.6 Å². The second-order valence-electron chi connectivity index (χ2n) is 5.48. The fourth-order valence-corrected chi connectivity index (χ4v) is 5.64. The molecule has 1 heterocycles. The van der Waals surface area contributed by atoms with Gasteiger partial charge in [0, 0.05) is 11.0 Å². The van der Waals surface area contributed by atoms with Crippen LogP contribution in [-0.4, -0.2) is 26.4 Å². The van der Waals surface area contributed by atoms with E-state index in [-0.39, 0.29) is 6.04 Å². The minimum atomic E-state index is -3.54. The SMILES string of the molecule is COc1cccc([C@H]2CCCN2S(=O)(=O)c2ccccc2Br)c1. The van der Waals surface area contributed by atoms with Crippen LogP contribution in [-0.2, 0) is 10.0 Å². The molecule has 0 aromatic heterocycles. The van der Waals surface area contributed by atoms with E-state index in [4.69, 9.17) is 4.74 Å². The van der Waals surface area contributed by atoms with Crippen molar-refractivity contribution in [2.24, 2.45) is 0 Å². The minimum Gasteiger partial charge on any atom is -0.497 e. The van der Waals surface area contributed by atoms with E-state index in [0.29, 0.717) is 15.9 Å². The lowest BCUT2D eigenvalue weighted by molar-refractivity contribution is 0.390. The Kier molecular flexibility index (Phi) is 4.75. The van der Waals surface area contributed by atoms with Gasteiger partial charge in [-0.25, -0.2) is 8.42 Å². The largest absolute Gasteiger partial charge is 0.497 e. The van der Waals surface area contributed by atoms with E-state index in [1.54, 1.807) is 29.6 Å². The summed E-state index contributed by atoms with van der Waals surface area (Å²) in [6.45, 7) is 0.533. The maximum absolute atomic E-state index is 13.1. The van der Waals surface area contributed by atoms with Gasteiger partial charge >= 0.3 is 0 Å². The highest BCUT2D eigenvalue weighted by Crippen LogP contribution is 2.38. The molecular formula is C17H18BrNO3S. The summed E-state index contributed by atoms with van der Waals surface area (Å²) in [6, 6.07) is 14.4. The Labute approximate surface area is 145 Å². The van der Waals surface area contributed by atoms with Gasteiger partial charge in [0.25, 0.3) is 0 Å². The standard InChI is InChI=1S/C17H18BrNO3S/c1-22-14-7-4-6-13(12-14)16-9-5-11-19(16)23(20,21)17-10-3-2-8-15(17)18/h2-4,6-8,10,12,16H,5,9,11H2,1H3/t16-/m1/s1. The molecule has 6 heteroatoms. The lowest BCUT2D eigenvalue weighted by atomic mass is 10.1. The second-order valence-corrected chi connectivity index (χ2v) is 8.19. The summed E-state index contributed by atoms with van der Waals surface area (Å²) in [5.41, 5.74) is 0.970. The van der Waals surface area contributed by atoms with Crippen LogP contribution in [0, 0.1) is 0 Å². The average Bonchev–Trinajstić information content (AvgIpc) is 3.05. The fraction of sp³-hybridized carbons (Fsp3) is 0.294. The van der Waals surface area contributed by atoms with Gasteiger partial charge in [-0.2, -0.15) is 4.31 Å². The van der Waals surface area contributed by atoms with Gasteiger partial charge in [0.1, 0.15) is 5.75 Å². The number of ether oxygens (including phenoxy) is 1. The van der Waals surface area contributed by atoms with Gasteiger partial charge in [0.15, 0.2) is 0 Å².